The van der Waals surface area contributed by atoms with Gasteiger partial charge in [0.25, 0.3) is 0 Å². The Balaban J connectivity index is -0.000000764. The van der Waals surface area contributed by atoms with Gasteiger partial charge in [-0.15, -0.1) is 0 Å². The van der Waals surface area contributed by atoms with Gasteiger partial charge in [-0.25, -0.2) is 0 Å². The number of hydrogen-bond donors (Lipinski definition) is 6. The zero-order chi connectivity index (χ0) is 41.7. The Kier molecular flexibility index (Phi) is 31.6. The molecule has 0 saturated heterocycles. The Morgan fingerprint density at radius 3 is 1.11 bits per heavy atom. The van der Waals surface area contributed by atoms with Crippen LogP contribution in [0, 0.1) is 34.6 Å². The predicted molar refractivity (Wildman–Crippen MR) is 227 cm³/mol. The van der Waals surface area contributed by atoms with Crippen molar-refractivity contribution in [2.45, 2.75) is 129 Å². The lowest BCUT2D eigenvalue weighted by Gasteiger charge is -2.16. The second-order valence-corrected chi connectivity index (χ2v) is 11.1. The van der Waals surface area contributed by atoms with Crippen LogP contribution < -0.4 is 20.9 Å². The number of aryl methyl sites for hydroxylation is 5. The standard InChI is InChI=1S/C18H23NO3.C17H21NO3.5C2H6/c1-11-8-16(4-5-17(11)21)22-18-12(2)6-14(7-13(18)3)9-15(19)10-20;1-11-7-13(9-14(18)10-19)8-12(2)17(11)21-16-5-3-15(20)4-6-16;5*1-2/h4-8,15,20-21H,9-10,19H2,1-3H3;3-8,14,19-20H,9-10,18H2,1-2H3;5*1-2H3/t15-;14-;;;;;/m00...../s1. The monoisotopic (exact) mass is 739 g/mol. The summed E-state index contributed by atoms with van der Waals surface area (Å²) in [4.78, 5) is 0. The number of nitrogens with two attached hydrogens (primary N) is 2. The van der Waals surface area contributed by atoms with Crippen LogP contribution in [0.15, 0.2) is 66.7 Å². The van der Waals surface area contributed by atoms with E-state index in [-0.39, 0.29) is 36.8 Å². The average Bonchev–Trinajstić information content (AvgIpc) is 3.17. The molecule has 2 atom stereocenters. The van der Waals surface area contributed by atoms with Gasteiger partial charge in [0, 0.05) is 12.1 Å². The molecule has 4 aromatic carbocycles. The van der Waals surface area contributed by atoms with Crippen LogP contribution in [0.2, 0.25) is 0 Å². The first-order valence-electron chi connectivity index (χ1n) is 19.3. The molecule has 0 aliphatic carbocycles. The zero-order valence-electron chi connectivity index (χ0n) is 35.6. The van der Waals surface area contributed by atoms with Gasteiger partial charge in [0.1, 0.15) is 34.5 Å². The second-order valence-electron chi connectivity index (χ2n) is 11.1. The number of rotatable bonds is 10. The van der Waals surface area contributed by atoms with Crippen molar-refractivity contribution in [2.24, 2.45) is 11.5 Å². The van der Waals surface area contributed by atoms with Gasteiger partial charge in [-0.3, -0.25) is 0 Å². The van der Waals surface area contributed by atoms with Crippen LogP contribution >= 0.6 is 0 Å². The molecule has 0 aliphatic rings. The third-order valence-corrected chi connectivity index (χ3v) is 6.95. The summed E-state index contributed by atoms with van der Waals surface area (Å²) in [5.74, 6) is 3.46. The maximum Gasteiger partial charge on any atom is 0.133 e. The Bertz CT molecular complexity index is 1460. The van der Waals surface area contributed by atoms with Crippen LogP contribution in [0.25, 0.3) is 0 Å². The molecule has 8 N–H and O–H groups in total. The van der Waals surface area contributed by atoms with Crippen LogP contribution in [-0.2, 0) is 12.8 Å². The molecule has 0 fully saturated rings. The highest BCUT2D eigenvalue weighted by atomic mass is 16.5. The summed E-state index contributed by atoms with van der Waals surface area (Å²) in [5, 5.41) is 37.0. The molecule has 0 aromatic heterocycles. The fourth-order valence-corrected chi connectivity index (χ4v) is 4.81. The lowest BCUT2D eigenvalue weighted by molar-refractivity contribution is 0.265. The van der Waals surface area contributed by atoms with Crippen LogP contribution in [0.4, 0.5) is 0 Å². The molecule has 0 heterocycles. The highest BCUT2D eigenvalue weighted by Crippen LogP contribution is 2.33. The lowest BCUT2D eigenvalue weighted by Crippen LogP contribution is -2.26. The number of aromatic hydroxyl groups is 2. The first kappa shape index (κ1) is 53.3. The number of hydrogen-bond acceptors (Lipinski definition) is 8. The Morgan fingerprint density at radius 2 is 0.792 bits per heavy atom. The molecular formula is C45H74N2O6. The number of phenolic OH excluding ortho intramolecular Hbond substituents is 2. The van der Waals surface area contributed by atoms with Crippen LogP contribution in [-0.4, -0.2) is 45.7 Å². The largest absolute Gasteiger partial charge is 0.508 e. The molecule has 8 heteroatoms. The predicted octanol–water partition coefficient (Wildman–Crippen LogP) is 10.8. The van der Waals surface area contributed by atoms with Gasteiger partial charge < -0.3 is 41.4 Å². The zero-order valence-corrected chi connectivity index (χ0v) is 35.6. The molecule has 300 valence electrons. The average molecular weight is 739 g/mol. The van der Waals surface area contributed by atoms with E-state index in [0.29, 0.717) is 24.3 Å². The molecule has 4 rings (SSSR count). The minimum absolute atomic E-state index is 0.0240. The van der Waals surface area contributed by atoms with E-state index < -0.39 is 0 Å². The third kappa shape index (κ3) is 20.1. The summed E-state index contributed by atoms with van der Waals surface area (Å²) in [6.07, 6.45) is 1.27. The first-order chi connectivity index (χ1) is 25.4. The lowest BCUT2D eigenvalue weighted by atomic mass is 10.0. The van der Waals surface area contributed by atoms with E-state index in [0.717, 1.165) is 50.4 Å². The van der Waals surface area contributed by atoms with E-state index in [9.17, 15) is 10.2 Å². The van der Waals surface area contributed by atoms with Crippen LogP contribution in [0.5, 0.6) is 34.5 Å². The molecule has 0 amide bonds. The van der Waals surface area contributed by atoms with Crippen molar-refractivity contribution >= 4 is 0 Å². The highest BCUT2D eigenvalue weighted by Gasteiger charge is 2.12. The van der Waals surface area contributed by atoms with Gasteiger partial charge in [-0.05, 0) is 129 Å². The molecular weight excluding hydrogens is 665 g/mol. The second kappa shape index (κ2) is 31.4. The summed E-state index contributed by atoms with van der Waals surface area (Å²) >= 11 is 0. The van der Waals surface area contributed by atoms with E-state index in [1.54, 1.807) is 36.4 Å². The SMILES string of the molecule is CC.CC.CC.CC.CC.Cc1cc(C[C@H](N)CO)cc(C)c1Oc1ccc(O)cc1.Cc1cc(Oc2c(C)cc(C[C@H](N)CO)cc2C)ccc1O. The Morgan fingerprint density at radius 1 is 0.472 bits per heavy atom. The van der Waals surface area contributed by atoms with Gasteiger partial charge in [-0.2, -0.15) is 0 Å². The molecule has 4 aromatic rings. The smallest absolute Gasteiger partial charge is 0.133 e. The molecule has 0 spiro atoms. The van der Waals surface area contributed by atoms with E-state index in [1.807, 2.05) is 134 Å². The van der Waals surface area contributed by atoms with Gasteiger partial charge >= 0.3 is 0 Å². The van der Waals surface area contributed by atoms with E-state index in [4.69, 9.17) is 31.2 Å². The van der Waals surface area contributed by atoms with Crippen molar-refractivity contribution in [1.29, 1.82) is 0 Å². The number of benzene rings is 4. The normalized spacial score (nSPS) is 10.5. The summed E-state index contributed by atoms with van der Waals surface area (Å²) in [7, 11) is 0. The van der Waals surface area contributed by atoms with E-state index >= 15 is 0 Å². The van der Waals surface area contributed by atoms with Crippen molar-refractivity contribution in [3.8, 4) is 34.5 Å². The number of aliphatic hydroxyl groups excluding tert-OH is 2. The van der Waals surface area contributed by atoms with Crippen molar-refractivity contribution in [3.05, 3.63) is 106 Å². The maximum atomic E-state index is 9.57. The number of ether oxygens (including phenoxy) is 2. The Labute approximate surface area is 322 Å². The summed E-state index contributed by atoms with van der Waals surface area (Å²) < 4.78 is 11.9. The molecule has 0 saturated carbocycles. The highest BCUT2D eigenvalue weighted by molar-refractivity contribution is 5.48. The molecule has 0 radical (unpaired) electrons. The van der Waals surface area contributed by atoms with Gasteiger partial charge in [0.15, 0.2) is 0 Å². The van der Waals surface area contributed by atoms with Crippen molar-refractivity contribution in [3.63, 3.8) is 0 Å². The van der Waals surface area contributed by atoms with Crippen LogP contribution in [0.3, 0.4) is 0 Å². The van der Waals surface area contributed by atoms with E-state index in [2.05, 4.69) is 0 Å². The molecule has 0 bridgehead atoms. The maximum absolute atomic E-state index is 9.57. The summed E-state index contributed by atoms with van der Waals surface area (Å²) in [6, 6.07) is 19.5. The summed E-state index contributed by atoms with van der Waals surface area (Å²) in [6.45, 7) is 29.7. The van der Waals surface area contributed by atoms with Crippen molar-refractivity contribution in [1.82, 2.24) is 0 Å². The molecule has 53 heavy (non-hydrogen) atoms. The minimum atomic E-state index is -0.245. The molecule has 0 unspecified atom stereocenters. The summed E-state index contributed by atoms with van der Waals surface area (Å²) in [5.41, 5.74) is 18.6. The van der Waals surface area contributed by atoms with Crippen molar-refractivity contribution in [2.75, 3.05) is 13.2 Å². The molecule has 0 aliphatic heterocycles. The van der Waals surface area contributed by atoms with Gasteiger partial charge in [0.05, 0.1) is 13.2 Å². The van der Waals surface area contributed by atoms with Crippen LogP contribution in [0.1, 0.15) is 108 Å². The fraction of sp³-hybridized carbons (Fsp3) is 0.467. The third-order valence-electron chi connectivity index (χ3n) is 6.95. The number of phenols is 2. The van der Waals surface area contributed by atoms with Gasteiger partial charge in [-0.1, -0.05) is 93.5 Å². The Hall–Kier alpha value is -4.08. The minimum Gasteiger partial charge on any atom is -0.508 e. The van der Waals surface area contributed by atoms with E-state index in [1.165, 1.54) is 0 Å². The van der Waals surface area contributed by atoms with Crippen molar-refractivity contribution < 1.29 is 29.9 Å². The van der Waals surface area contributed by atoms with Gasteiger partial charge in [0.2, 0.25) is 0 Å². The number of aliphatic hydroxyl groups is 2. The quantitative estimate of drug-likeness (QED) is 0.0940. The topological polar surface area (TPSA) is 151 Å². The fourth-order valence-electron chi connectivity index (χ4n) is 4.81. The molecule has 8 nitrogen and oxygen atoms in total. The first-order valence-corrected chi connectivity index (χ1v) is 19.3.